The van der Waals surface area contributed by atoms with Crippen molar-refractivity contribution < 1.29 is 9.72 Å². The number of hydrogen-bond donors (Lipinski definition) is 1. The van der Waals surface area contributed by atoms with Crippen molar-refractivity contribution in [3.05, 3.63) is 34.4 Å². The lowest BCUT2D eigenvalue weighted by atomic mass is 10.1. The van der Waals surface area contributed by atoms with Crippen LogP contribution in [0.4, 0.5) is 11.4 Å². The highest BCUT2D eigenvalue weighted by Gasteiger charge is 2.24. The number of nitrogens with one attached hydrogen (secondary N) is 1. The van der Waals surface area contributed by atoms with Crippen LogP contribution in [0, 0.1) is 16.0 Å². The van der Waals surface area contributed by atoms with E-state index < -0.39 is 4.92 Å². The van der Waals surface area contributed by atoms with Gasteiger partial charge in [0.05, 0.1) is 4.92 Å². The molecule has 0 saturated heterocycles. The summed E-state index contributed by atoms with van der Waals surface area (Å²) < 4.78 is 0. The molecule has 17 heavy (non-hydrogen) atoms. The third-order valence-corrected chi connectivity index (χ3v) is 3.08. The first kappa shape index (κ1) is 11.6. The molecule has 90 valence electrons. The van der Waals surface area contributed by atoms with Gasteiger partial charge in [0.1, 0.15) is 5.69 Å². The van der Waals surface area contributed by atoms with Crippen LogP contribution in [0.15, 0.2) is 24.3 Å². The zero-order valence-corrected chi connectivity index (χ0v) is 9.39. The van der Waals surface area contributed by atoms with Gasteiger partial charge in [0.15, 0.2) is 0 Å². The minimum absolute atomic E-state index is 0.00908. The molecule has 0 aliphatic heterocycles. The van der Waals surface area contributed by atoms with Crippen LogP contribution >= 0.6 is 0 Å². The molecule has 1 aromatic carbocycles. The first-order chi connectivity index (χ1) is 8.18. The second-order valence-electron chi connectivity index (χ2n) is 4.24. The number of amides is 1. The smallest absolute Gasteiger partial charge is 0.292 e. The summed E-state index contributed by atoms with van der Waals surface area (Å²) in [5, 5.41) is 13.4. The van der Waals surface area contributed by atoms with E-state index in [1.807, 2.05) is 0 Å². The minimum Gasteiger partial charge on any atom is -0.320 e. The Bertz CT molecular complexity index is 439. The first-order valence-electron chi connectivity index (χ1n) is 5.73. The van der Waals surface area contributed by atoms with Crippen molar-refractivity contribution in [2.24, 2.45) is 5.92 Å². The van der Waals surface area contributed by atoms with Gasteiger partial charge in [-0.1, -0.05) is 25.0 Å². The molecule has 0 radical (unpaired) electrons. The lowest BCUT2D eigenvalue weighted by molar-refractivity contribution is -0.383. The van der Waals surface area contributed by atoms with Crippen LogP contribution in [0.2, 0.25) is 0 Å². The monoisotopic (exact) mass is 234 g/mol. The van der Waals surface area contributed by atoms with Crippen LogP contribution in [-0.4, -0.2) is 10.8 Å². The molecule has 5 heteroatoms. The number of para-hydroxylation sites is 2. The summed E-state index contributed by atoms with van der Waals surface area (Å²) in [6.45, 7) is 0. The topological polar surface area (TPSA) is 72.2 Å². The molecular formula is C12H14N2O3. The third-order valence-electron chi connectivity index (χ3n) is 3.08. The van der Waals surface area contributed by atoms with Crippen LogP contribution in [0.5, 0.6) is 0 Å². The first-order valence-corrected chi connectivity index (χ1v) is 5.73. The summed E-state index contributed by atoms with van der Waals surface area (Å²) in [5.74, 6) is -0.0911. The summed E-state index contributed by atoms with van der Waals surface area (Å²) in [7, 11) is 0. The lowest BCUT2D eigenvalue weighted by Gasteiger charge is -2.10. The molecule has 1 saturated carbocycles. The number of anilines is 1. The average molecular weight is 234 g/mol. The van der Waals surface area contributed by atoms with Gasteiger partial charge in [-0.25, -0.2) is 0 Å². The Hall–Kier alpha value is -1.91. The highest BCUT2D eigenvalue weighted by molar-refractivity contribution is 5.94. The van der Waals surface area contributed by atoms with E-state index in [2.05, 4.69) is 5.32 Å². The van der Waals surface area contributed by atoms with Gasteiger partial charge in [-0.2, -0.15) is 0 Å². The fourth-order valence-corrected chi connectivity index (χ4v) is 2.16. The van der Waals surface area contributed by atoms with Gasteiger partial charge in [-0.3, -0.25) is 14.9 Å². The molecule has 1 aliphatic rings. The number of nitro benzene ring substituents is 1. The molecule has 1 aromatic rings. The van der Waals surface area contributed by atoms with E-state index in [1.54, 1.807) is 18.2 Å². The summed E-state index contributed by atoms with van der Waals surface area (Å²) >= 11 is 0. The van der Waals surface area contributed by atoms with E-state index >= 15 is 0 Å². The lowest BCUT2D eigenvalue weighted by Crippen LogP contribution is -2.20. The molecule has 0 heterocycles. The fraction of sp³-hybridized carbons (Fsp3) is 0.417. The van der Waals surface area contributed by atoms with E-state index in [-0.39, 0.29) is 23.2 Å². The second-order valence-corrected chi connectivity index (χ2v) is 4.24. The zero-order chi connectivity index (χ0) is 12.3. The molecule has 0 atom stereocenters. The van der Waals surface area contributed by atoms with Crippen LogP contribution in [0.3, 0.4) is 0 Å². The average Bonchev–Trinajstić information content (AvgIpc) is 2.83. The number of nitro groups is 1. The Kier molecular flexibility index (Phi) is 3.37. The van der Waals surface area contributed by atoms with E-state index in [0.717, 1.165) is 25.7 Å². The molecule has 0 bridgehead atoms. The Balaban J connectivity index is 2.12. The van der Waals surface area contributed by atoms with Gasteiger partial charge in [0.2, 0.25) is 5.91 Å². The number of hydrogen-bond acceptors (Lipinski definition) is 3. The highest BCUT2D eigenvalue weighted by atomic mass is 16.6. The number of carbonyl (C=O) groups is 1. The fourth-order valence-electron chi connectivity index (χ4n) is 2.16. The van der Waals surface area contributed by atoms with E-state index in [4.69, 9.17) is 0 Å². The minimum atomic E-state index is -0.482. The van der Waals surface area contributed by atoms with Gasteiger partial charge < -0.3 is 5.32 Å². The van der Waals surface area contributed by atoms with Gasteiger partial charge in [0, 0.05) is 12.0 Å². The van der Waals surface area contributed by atoms with Crippen LogP contribution in [0.25, 0.3) is 0 Å². The Morgan fingerprint density at radius 2 is 1.94 bits per heavy atom. The predicted octanol–water partition coefficient (Wildman–Crippen LogP) is 2.72. The van der Waals surface area contributed by atoms with Crippen molar-refractivity contribution in [1.82, 2.24) is 0 Å². The van der Waals surface area contributed by atoms with Gasteiger partial charge in [-0.15, -0.1) is 0 Å². The van der Waals surface area contributed by atoms with Gasteiger partial charge in [0.25, 0.3) is 5.69 Å². The Labute approximate surface area is 99.0 Å². The number of carbonyl (C=O) groups excluding carboxylic acids is 1. The maximum atomic E-state index is 11.9. The van der Waals surface area contributed by atoms with Crippen molar-refractivity contribution in [3.63, 3.8) is 0 Å². The summed E-state index contributed by atoms with van der Waals surface area (Å²) in [5.41, 5.74) is 0.230. The third kappa shape index (κ3) is 2.61. The Morgan fingerprint density at radius 1 is 1.29 bits per heavy atom. The molecule has 2 rings (SSSR count). The summed E-state index contributed by atoms with van der Waals surface area (Å²) in [4.78, 5) is 22.2. The number of benzene rings is 1. The quantitative estimate of drug-likeness (QED) is 0.645. The van der Waals surface area contributed by atoms with Crippen molar-refractivity contribution in [3.8, 4) is 0 Å². The molecule has 0 spiro atoms. The molecule has 1 amide bonds. The molecule has 5 nitrogen and oxygen atoms in total. The molecule has 0 aromatic heterocycles. The van der Waals surface area contributed by atoms with E-state index in [9.17, 15) is 14.9 Å². The molecule has 1 N–H and O–H groups in total. The molecular weight excluding hydrogens is 220 g/mol. The van der Waals surface area contributed by atoms with Gasteiger partial charge >= 0.3 is 0 Å². The summed E-state index contributed by atoms with van der Waals surface area (Å²) in [6.07, 6.45) is 3.89. The predicted molar refractivity (Wildman–Crippen MR) is 63.7 cm³/mol. The maximum Gasteiger partial charge on any atom is 0.292 e. The Morgan fingerprint density at radius 3 is 2.59 bits per heavy atom. The normalized spacial score (nSPS) is 15.8. The largest absolute Gasteiger partial charge is 0.320 e. The van der Waals surface area contributed by atoms with Crippen molar-refractivity contribution in [2.75, 3.05) is 5.32 Å². The van der Waals surface area contributed by atoms with Crippen LogP contribution in [0.1, 0.15) is 25.7 Å². The van der Waals surface area contributed by atoms with Gasteiger partial charge in [-0.05, 0) is 18.9 Å². The van der Waals surface area contributed by atoms with Crippen LogP contribution in [-0.2, 0) is 4.79 Å². The molecule has 1 fully saturated rings. The van der Waals surface area contributed by atoms with Crippen molar-refractivity contribution in [2.45, 2.75) is 25.7 Å². The standard InChI is InChI=1S/C12H14N2O3/c15-12(9-5-1-2-6-9)13-10-7-3-4-8-11(10)14(16)17/h3-4,7-9H,1-2,5-6H2,(H,13,15). The van der Waals surface area contributed by atoms with Crippen LogP contribution < -0.4 is 5.32 Å². The van der Waals surface area contributed by atoms with E-state index in [1.165, 1.54) is 6.07 Å². The number of rotatable bonds is 3. The van der Waals surface area contributed by atoms with Crippen molar-refractivity contribution in [1.29, 1.82) is 0 Å². The zero-order valence-electron chi connectivity index (χ0n) is 9.39. The number of nitrogens with zero attached hydrogens (tertiary/aromatic N) is 1. The second kappa shape index (κ2) is 4.95. The maximum absolute atomic E-state index is 11.9. The molecule has 0 unspecified atom stereocenters. The van der Waals surface area contributed by atoms with E-state index in [0.29, 0.717) is 0 Å². The van der Waals surface area contributed by atoms with Crippen molar-refractivity contribution >= 4 is 17.3 Å². The SMILES string of the molecule is O=C(Nc1ccccc1[N+](=O)[O-])C1CCCC1. The molecule has 1 aliphatic carbocycles. The summed E-state index contributed by atoms with van der Waals surface area (Å²) in [6, 6.07) is 6.22. The highest BCUT2D eigenvalue weighted by Crippen LogP contribution is 2.28.